The van der Waals surface area contributed by atoms with Crippen LogP contribution in [0.1, 0.15) is 121 Å². The molecule has 0 spiro atoms. The van der Waals surface area contributed by atoms with Crippen LogP contribution in [0.15, 0.2) is 0 Å². The van der Waals surface area contributed by atoms with E-state index in [4.69, 9.17) is 0 Å². The average molecular weight is 263 g/mol. The van der Waals surface area contributed by atoms with E-state index in [0.29, 0.717) is 0 Å². The highest BCUT2D eigenvalue weighted by Gasteiger charge is 1.68. The van der Waals surface area contributed by atoms with Crippen LogP contribution < -0.4 is 0 Å². The zero-order valence-corrected chi connectivity index (χ0v) is 15.7. The van der Waals surface area contributed by atoms with Gasteiger partial charge in [0.05, 0.1) is 0 Å². The molecule has 18 heavy (non-hydrogen) atoms. The minimum Gasteiger partial charge on any atom is -0.0683 e. The van der Waals surface area contributed by atoms with Gasteiger partial charge in [0.25, 0.3) is 0 Å². The Balaban J connectivity index is -0.0000000414. The molecule has 0 aromatic carbocycles. The van der Waals surface area contributed by atoms with Gasteiger partial charge in [-0.2, -0.15) is 0 Å². The van der Waals surface area contributed by atoms with Crippen LogP contribution in [0.25, 0.3) is 0 Å². The topological polar surface area (TPSA) is 0 Å². The fraction of sp³-hybridized carbons (Fsp3) is 1.00. The van der Waals surface area contributed by atoms with E-state index in [9.17, 15) is 0 Å². The highest BCUT2D eigenvalue weighted by molar-refractivity contribution is 4.24. The van der Waals surface area contributed by atoms with Crippen molar-refractivity contribution in [3.63, 3.8) is 0 Å². The molecule has 0 aliphatic rings. The number of rotatable bonds is 5. The van der Waals surface area contributed by atoms with Gasteiger partial charge in [0, 0.05) is 0 Å². The normalized spacial score (nSPS) is 7.00. The van der Waals surface area contributed by atoms with E-state index in [-0.39, 0.29) is 0 Å². The maximum atomic E-state index is 2.21. The van der Waals surface area contributed by atoms with Crippen molar-refractivity contribution < 1.29 is 0 Å². The second-order valence-electron chi connectivity index (χ2n) is 3.71. The molecule has 0 heterocycles. The van der Waals surface area contributed by atoms with E-state index >= 15 is 0 Å². The summed E-state index contributed by atoms with van der Waals surface area (Å²) >= 11 is 0. The summed E-state index contributed by atoms with van der Waals surface area (Å²) in [6, 6.07) is 0. The maximum Gasteiger partial charge on any atom is -0.0538 e. The molecule has 0 N–H and O–H groups in total. The Hall–Kier alpha value is 0. The molecule has 0 rings (SSSR count). The first kappa shape index (κ1) is 30.8. The van der Waals surface area contributed by atoms with Crippen molar-refractivity contribution in [2.45, 2.75) is 121 Å². The SMILES string of the molecule is CC.CC.CCCC.CCCCC.CCCCC. The predicted octanol–water partition coefficient (Wildman–Crippen LogP) is 8.25. The van der Waals surface area contributed by atoms with Crippen molar-refractivity contribution in [3.8, 4) is 0 Å². The Bertz CT molecular complexity index is 36.0. The van der Waals surface area contributed by atoms with Crippen molar-refractivity contribution >= 4 is 0 Å². The molecular formula is C18H46. The molecule has 0 saturated heterocycles. The van der Waals surface area contributed by atoms with Crippen LogP contribution >= 0.6 is 0 Å². The molecule has 118 valence electrons. The summed E-state index contributed by atoms with van der Waals surface area (Å²) in [6.45, 7) is 21.2. The first-order valence-electron chi connectivity index (χ1n) is 8.74. The number of hydrogen-bond acceptors (Lipinski definition) is 0. The Kier molecular flexibility index (Phi) is 116. The average Bonchev–Trinajstić information content (AvgIpc) is 2.46. The minimum absolute atomic E-state index is 1.32. The van der Waals surface area contributed by atoms with Gasteiger partial charge in [-0.25, -0.2) is 0 Å². The van der Waals surface area contributed by atoms with Gasteiger partial charge in [-0.1, -0.05) is 121 Å². The minimum atomic E-state index is 1.32. The molecule has 0 aromatic heterocycles. The van der Waals surface area contributed by atoms with Crippen LogP contribution in [0, 0.1) is 0 Å². The summed E-state index contributed by atoms with van der Waals surface area (Å²) in [6.07, 6.45) is 10.8. The van der Waals surface area contributed by atoms with Gasteiger partial charge < -0.3 is 0 Å². The van der Waals surface area contributed by atoms with Crippen molar-refractivity contribution in [3.05, 3.63) is 0 Å². The fourth-order valence-electron chi connectivity index (χ4n) is 0.707. The molecule has 0 aliphatic carbocycles. The van der Waals surface area contributed by atoms with Gasteiger partial charge in [-0.15, -0.1) is 0 Å². The lowest BCUT2D eigenvalue weighted by Gasteiger charge is -1.79. The number of unbranched alkanes of at least 4 members (excludes halogenated alkanes) is 5. The van der Waals surface area contributed by atoms with E-state index in [1.54, 1.807) is 0 Å². The molecule has 0 amide bonds. The van der Waals surface area contributed by atoms with E-state index in [0.717, 1.165) is 0 Å². The largest absolute Gasteiger partial charge is 0.0683 e. The van der Waals surface area contributed by atoms with Gasteiger partial charge in [0.2, 0.25) is 0 Å². The second kappa shape index (κ2) is 68.0. The maximum absolute atomic E-state index is 2.21. The van der Waals surface area contributed by atoms with Gasteiger partial charge in [-0.3, -0.25) is 0 Å². The first-order valence-corrected chi connectivity index (χ1v) is 8.74. The molecule has 0 aliphatic heterocycles. The predicted molar refractivity (Wildman–Crippen MR) is 93.7 cm³/mol. The quantitative estimate of drug-likeness (QED) is 0.468. The van der Waals surface area contributed by atoms with Crippen molar-refractivity contribution in [2.24, 2.45) is 0 Å². The fourth-order valence-corrected chi connectivity index (χ4v) is 0.707. The molecule has 0 unspecified atom stereocenters. The lowest BCUT2D eigenvalue weighted by atomic mass is 10.3. The third-order valence-corrected chi connectivity index (χ3v) is 1.91. The molecule has 0 nitrogen and oxygen atoms in total. The van der Waals surface area contributed by atoms with Crippen molar-refractivity contribution in [1.29, 1.82) is 0 Å². The lowest BCUT2D eigenvalue weighted by molar-refractivity contribution is 0.772. The molecule has 0 bridgehead atoms. The van der Waals surface area contributed by atoms with Crippen LogP contribution in [0.4, 0.5) is 0 Å². The van der Waals surface area contributed by atoms with E-state index in [2.05, 4.69) is 41.5 Å². The second-order valence-corrected chi connectivity index (χ2v) is 3.71. The lowest BCUT2D eigenvalue weighted by Crippen LogP contribution is -1.59. The highest BCUT2D eigenvalue weighted by atomic mass is 13.7. The standard InChI is InChI=1S/2C5H12.C4H10.2C2H6/c2*1-3-5-4-2;1-3-4-2;2*1-2/h2*3-5H2,1-2H3;3-4H2,1-2H3;2*1-2H3. The Morgan fingerprint density at radius 1 is 0.333 bits per heavy atom. The van der Waals surface area contributed by atoms with Crippen LogP contribution in [-0.2, 0) is 0 Å². The smallest absolute Gasteiger partial charge is 0.0538 e. The molecule has 0 heteroatoms. The van der Waals surface area contributed by atoms with E-state index < -0.39 is 0 Å². The van der Waals surface area contributed by atoms with Crippen LogP contribution in [-0.4, -0.2) is 0 Å². The zero-order chi connectivity index (χ0) is 15.7. The zero-order valence-electron chi connectivity index (χ0n) is 15.7. The molecule has 0 atom stereocenters. The first-order chi connectivity index (χ1) is 8.74. The van der Waals surface area contributed by atoms with Gasteiger partial charge >= 0.3 is 0 Å². The van der Waals surface area contributed by atoms with Crippen LogP contribution in [0.2, 0.25) is 0 Å². The van der Waals surface area contributed by atoms with Gasteiger partial charge in [0.1, 0.15) is 0 Å². The third kappa shape index (κ3) is 144. The van der Waals surface area contributed by atoms with E-state index in [1.165, 1.54) is 51.4 Å². The van der Waals surface area contributed by atoms with Crippen LogP contribution in [0.5, 0.6) is 0 Å². The summed E-state index contributed by atoms with van der Waals surface area (Å²) < 4.78 is 0. The molecule has 0 saturated carbocycles. The van der Waals surface area contributed by atoms with E-state index in [1.807, 2.05) is 27.7 Å². The monoisotopic (exact) mass is 262 g/mol. The summed E-state index contributed by atoms with van der Waals surface area (Å²) in [5.74, 6) is 0. The number of hydrogen-bond donors (Lipinski definition) is 0. The highest BCUT2D eigenvalue weighted by Crippen LogP contribution is 1.88. The van der Waals surface area contributed by atoms with Gasteiger partial charge in [-0.05, 0) is 0 Å². The molecule has 0 radical (unpaired) electrons. The van der Waals surface area contributed by atoms with Crippen LogP contribution in [0.3, 0.4) is 0 Å². The molecule has 0 aromatic rings. The Morgan fingerprint density at radius 2 is 0.500 bits per heavy atom. The summed E-state index contributed by atoms with van der Waals surface area (Å²) in [5, 5.41) is 0. The van der Waals surface area contributed by atoms with Crippen molar-refractivity contribution in [2.75, 3.05) is 0 Å². The van der Waals surface area contributed by atoms with Gasteiger partial charge in [0.15, 0.2) is 0 Å². The third-order valence-electron chi connectivity index (χ3n) is 1.91. The molecular weight excluding hydrogens is 216 g/mol. The molecule has 0 fully saturated rings. The van der Waals surface area contributed by atoms with Crippen molar-refractivity contribution in [1.82, 2.24) is 0 Å². The summed E-state index contributed by atoms with van der Waals surface area (Å²) in [7, 11) is 0. The summed E-state index contributed by atoms with van der Waals surface area (Å²) in [4.78, 5) is 0. The Morgan fingerprint density at radius 3 is 0.500 bits per heavy atom. The Labute approximate surface area is 121 Å². The summed E-state index contributed by atoms with van der Waals surface area (Å²) in [5.41, 5.74) is 0.